The monoisotopic (exact) mass is 645 g/mol. The van der Waals surface area contributed by atoms with Gasteiger partial charge in [-0.15, -0.1) is 0 Å². The van der Waals surface area contributed by atoms with E-state index in [-0.39, 0.29) is 11.5 Å². The molecule has 0 aliphatic heterocycles. The van der Waals surface area contributed by atoms with Gasteiger partial charge in [0.1, 0.15) is 12.4 Å². The zero-order chi connectivity index (χ0) is 26.5. The summed E-state index contributed by atoms with van der Waals surface area (Å²) in [6, 6.07) is 16.7. The van der Waals surface area contributed by atoms with Crippen LogP contribution in [-0.2, 0) is 6.61 Å². The summed E-state index contributed by atoms with van der Waals surface area (Å²) in [6.45, 7) is 6.83. The van der Waals surface area contributed by atoms with Gasteiger partial charge in [-0.1, -0.05) is 53.5 Å². The van der Waals surface area contributed by atoms with E-state index in [0.29, 0.717) is 50.9 Å². The lowest BCUT2D eigenvalue weighted by Crippen LogP contribution is -2.23. The fourth-order valence-electron chi connectivity index (χ4n) is 3.71. The smallest absolute Gasteiger partial charge is 0.282 e. The molecule has 0 amide bonds. The summed E-state index contributed by atoms with van der Waals surface area (Å²) in [7, 11) is 0. The number of rotatable bonds is 9. The second kappa shape index (κ2) is 12.2. The molecule has 0 radical (unpaired) electrons. The fourth-order valence-corrected chi connectivity index (χ4v) is 4.77. The summed E-state index contributed by atoms with van der Waals surface area (Å²) in [4.78, 5) is 18.2. The van der Waals surface area contributed by atoms with Crippen LogP contribution in [0.2, 0.25) is 5.02 Å². The van der Waals surface area contributed by atoms with E-state index < -0.39 is 0 Å². The number of fused-ring (bicyclic) bond motifs is 1. The Morgan fingerprint density at radius 3 is 2.54 bits per heavy atom. The lowest BCUT2D eigenvalue weighted by molar-refractivity contribution is 0.267. The highest BCUT2D eigenvalue weighted by molar-refractivity contribution is 9.10. The van der Waals surface area contributed by atoms with Gasteiger partial charge in [-0.25, -0.2) is 4.98 Å². The average molecular weight is 648 g/mol. The van der Waals surface area contributed by atoms with Crippen LogP contribution in [0.4, 0.5) is 0 Å². The molecule has 1 aromatic heterocycles. The summed E-state index contributed by atoms with van der Waals surface area (Å²) >= 11 is 13.0. The van der Waals surface area contributed by atoms with E-state index >= 15 is 0 Å². The van der Waals surface area contributed by atoms with Crippen LogP contribution in [0, 0.1) is 0 Å². The Bertz CT molecular complexity index is 1500. The molecule has 4 rings (SSSR count). The number of aromatic nitrogens is 2. The molecule has 9 heteroatoms. The van der Waals surface area contributed by atoms with Gasteiger partial charge < -0.3 is 9.47 Å². The summed E-state index contributed by atoms with van der Waals surface area (Å²) in [5.74, 6) is 1.82. The van der Waals surface area contributed by atoms with Crippen LogP contribution in [0.25, 0.3) is 10.9 Å². The molecule has 3 aromatic carbocycles. The van der Waals surface area contributed by atoms with Crippen molar-refractivity contribution in [2.24, 2.45) is 5.10 Å². The van der Waals surface area contributed by atoms with Crippen molar-refractivity contribution < 1.29 is 9.47 Å². The number of hydrogen-bond donors (Lipinski definition) is 0. The second-order valence-corrected chi connectivity index (χ2v) is 10.7. The zero-order valence-electron chi connectivity index (χ0n) is 20.7. The Morgan fingerprint density at radius 2 is 1.84 bits per heavy atom. The van der Waals surface area contributed by atoms with Gasteiger partial charge in [0.05, 0.1) is 28.2 Å². The van der Waals surface area contributed by atoms with Crippen LogP contribution in [0.5, 0.6) is 11.5 Å². The van der Waals surface area contributed by atoms with Crippen LogP contribution in [0.3, 0.4) is 0 Å². The molecule has 0 fully saturated rings. The van der Waals surface area contributed by atoms with Crippen LogP contribution in [-0.4, -0.2) is 22.5 Å². The summed E-state index contributed by atoms with van der Waals surface area (Å²) in [6.07, 6.45) is 2.46. The third-order valence-electron chi connectivity index (χ3n) is 5.84. The Morgan fingerprint density at radius 1 is 1.08 bits per heavy atom. The van der Waals surface area contributed by atoms with Crippen LogP contribution < -0.4 is 15.0 Å². The molecule has 0 unspecified atom stereocenters. The van der Waals surface area contributed by atoms with Crippen molar-refractivity contribution in [1.82, 2.24) is 9.66 Å². The molecule has 0 aliphatic carbocycles. The van der Waals surface area contributed by atoms with Gasteiger partial charge in [0.25, 0.3) is 5.56 Å². The minimum atomic E-state index is -0.218. The third kappa shape index (κ3) is 6.43. The first-order valence-electron chi connectivity index (χ1n) is 11.9. The highest BCUT2D eigenvalue weighted by Crippen LogP contribution is 2.37. The number of nitrogens with zero attached hydrogens (tertiary/aromatic N) is 3. The molecular formula is C28H26Br2ClN3O3. The quantitative estimate of drug-likeness (QED) is 0.173. The van der Waals surface area contributed by atoms with Gasteiger partial charge in [-0.2, -0.15) is 9.78 Å². The summed E-state index contributed by atoms with van der Waals surface area (Å²) in [5, 5.41) is 5.75. The maximum absolute atomic E-state index is 13.4. The van der Waals surface area contributed by atoms with Gasteiger partial charge in [0, 0.05) is 15.4 Å². The topological polar surface area (TPSA) is 65.7 Å². The maximum Gasteiger partial charge on any atom is 0.282 e. The van der Waals surface area contributed by atoms with Crippen molar-refractivity contribution in [2.75, 3.05) is 6.61 Å². The molecule has 37 heavy (non-hydrogen) atoms. The molecule has 0 spiro atoms. The van der Waals surface area contributed by atoms with E-state index in [4.69, 9.17) is 26.1 Å². The third-order valence-corrected chi connectivity index (χ3v) is 7.17. The van der Waals surface area contributed by atoms with Crippen molar-refractivity contribution in [3.05, 3.63) is 95.9 Å². The van der Waals surface area contributed by atoms with Crippen molar-refractivity contribution in [3.8, 4) is 11.5 Å². The Kier molecular flexibility index (Phi) is 9.05. The molecule has 1 atom stereocenters. The zero-order valence-corrected chi connectivity index (χ0v) is 24.6. The molecule has 0 N–H and O–H groups in total. The SMILES string of the molecule is CCOc1cc(C=Nn2c([C@H](C)CC)nc3ccc(Br)cc3c2=O)cc(Br)c1OCc1ccc(Cl)cc1. The summed E-state index contributed by atoms with van der Waals surface area (Å²) < 4.78 is 14.9. The molecular weight excluding hydrogens is 622 g/mol. The molecule has 192 valence electrons. The van der Waals surface area contributed by atoms with Crippen molar-refractivity contribution in [2.45, 2.75) is 39.7 Å². The number of halogens is 3. The Labute approximate surface area is 237 Å². The van der Waals surface area contributed by atoms with E-state index in [1.807, 2.05) is 62.4 Å². The molecule has 0 aliphatic rings. The Hall–Kier alpha value is -2.68. The first-order chi connectivity index (χ1) is 17.8. The average Bonchev–Trinajstić information content (AvgIpc) is 2.88. The predicted octanol–water partition coefficient (Wildman–Crippen LogP) is 7.95. The molecule has 0 saturated carbocycles. The van der Waals surface area contributed by atoms with Crippen molar-refractivity contribution in [3.63, 3.8) is 0 Å². The van der Waals surface area contributed by atoms with Crippen LogP contribution in [0.1, 0.15) is 50.1 Å². The van der Waals surface area contributed by atoms with Gasteiger partial charge >= 0.3 is 0 Å². The van der Waals surface area contributed by atoms with Gasteiger partial charge in [0.15, 0.2) is 11.5 Å². The number of ether oxygens (including phenoxy) is 2. The summed E-state index contributed by atoms with van der Waals surface area (Å²) in [5.41, 5.74) is 2.16. The molecule has 0 bridgehead atoms. The van der Waals surface area contributed by atoms with Crippen LogP contribution >= 0.6 is 43.5 Å². The van der Waals surface area contributed by atoms with E-state index in [9.17, 15) is 4.79 Å². The largest absolute Gasteiger partial charge is 0.490 e. The molecule has 0 saturated heterocycles. The standard InChI is InChI=1S/C28H26Br2ClN3O3/c1-4-17(3)27-33-24-11-8-20(29)14-22(24)28(35)34(27)32-15-19-12-23(30)26(25(13-19)36-5-2)37-16-18-6-9-21(31)10-7-18/h6-15,17H,4-5,16H2,1-3H3/t17-/m1/s1. The van der Waals surface area contributed by atoms with Crippen LogP contribution in [0.15, 0.2) is 73.4 Å². The molecule has 4 aromatic rings. The Balaban J connectivity index is 1.71. The normalized spacial score (nSPS) is 12.3. The highest BCUT2D eigenvalue weighted by Gasteiger charge is 2.16. The predicted molar refractivity (Wildman–Crippen MR) is 156 cm³/mol. The minimum Gasteiger partial charge on any atom is -0.490 e. The van der Waals surface area contributed by atoms with E-state index in [1.165, 1.54) is 4.68 Å². The second-order valence-electron chi connectivity index (χ2n) is 8.48. The van der Waals surface area contributed by atoms with Gasteiger partial charge in [0.2, 0.25) is 0 Å². The molecule has 6 nitrogen and oxygen atoms in total. The number of benzene rings is 3. The fraction of sp³-hybridized carbons (Fsp3) is 0.250. The maximum atomic E-state index is 13.4. The van der Waals surface area contributed by atoms with Crippen molar-refractivity contribution >= 4 is 60.6 Å². The van der Waals surface area contributed by atoms with E-state index in [1.54, 1.807) is 12.3 Å². The first-order valence-corrected chi connectivity index (χ1v) is 13.9. The lowest BCUT2D eigenvalue weighted by Gasteiger charge is -2.15. The van der Waals surface area contributed by atoms with Gasteiger partial charge in [-0.05, 0) is 82.9 Å². The van der Waals surface area contributed by atoms with E-state index in [2.05, 4.69) is 43.9 Å². The van der Waals surface area contributed by atoms with E-state index in [0.717, 1.165) is 22.0 Å². The number of hydrogen-bond acceptors (Lipinski definition) is 5. The lowest BCUT2D eigenvalue weighted by atomic mass is 10.1. The molecule has 1 heterocycles. The first kappa shape index (κ1) is 27.4. The minimum absolute atomic E-state index is 0.0484. The van der Waals surface area contributed by atoms with Gasteiger partial charge in [-0.3, -0.25) is 4.79 Å². The van der Waals surface area contributed by atoms with Crippen molar-refractivity contribution in [1.29, 1.82) is 0 Å². The highest BCUT2D eigenvalue weighted by atomic mass is 79.9.